The molecule has 3 nitrogen and oxygen atoms in total. The number of rotatable bonds is 3. The van der Waals surface area contributed by atoms with E-state index in [4.69, 9.17) is 10.8 Å². The Morgan fingerprint density at radius 3 is 2.77 bits per heavy atom. The maximum atomic E-state index is 10.6. The van der Waals surface area contributed by atoms with E-state index in [2.05, 4.69) is 0 Å². The van der Waals surface area contributed by atoms with Gasteiger partial charge in [-0.2, -0.15) is 0 Å². The summed E-state index contributed by atoms with van der Waals surface area (Å²) in [5.74, 6) is -0.0307. The standard InChI is InChI=1S/C9H11NO2S/c1-2-13-6-3-4-7(9(11)12)8(10)5-6/h3-5H,2,10H2,1H3,(H,11,12). The molecule has 0 spiro atoms. The van der Waals surface area contributed by atoms with Crippen molar-refractivity contribution >= 4 is 23.4 Å². The molecule has 0 fully saturated rings. The molecule has 0 aromatic heterocycles. The number of anilines is 1. The lowest BCUT2D eigenvalue weighted by atomic mass is 10.2. The lowest BCUT2D eigenvalue weighted by Crippen LogP contribution is -2.01. The lowest BCUT2D eigenvalue weighted by Gasteiger charge is -2.03. The van der Waals surface area contributed by atoms with Gasteiger partial charge in [0, 0.05) is 10.6 Å². The van der Waals surface area contributed by atoms with Crippen molar-refractivity contribution in [1.82, 2.24) is 0 Å². The van der Waals surface area contributed by atoms with Gasteiger partial charge >= 0.3 is 5.97 Å². The molecule has 70 valence electrons. The van der Waals surface area contributed by atoms with Gasteiger partial charge in [-0.05, 0) is 24.0 Å². The Kier molecular flexibility index (Phi) is 3.19. The van der Waals surface area contributed by atoms with E-state index in [9.17, 15) is 4.79 Å². The smallest absolute Gasteiger partial charge is 0.337 e. The average molecular weight is 197 g/mol. The molecule has 0 aliphatic carbocycles. The highest BCUT2D eigenvalue weighted by atomic mass is 32.2. The molecule has 3 N–H and O–H groups in total. The van der Waals surface area contributed by atoms with Crippen LogP contribution in [-0.4, -0.2) is 16.8 Å². The topological polar surface area (TPSA) is 63.3 Å². The van der Waals surface area contributed by atoms with Crippen molar-refractivity contribution in [2.45, 2.75) is 11.8 Å². The molecule has 0 atom stereocenters. The van der Waals surface area contributed by atoms with E-state index < -0.39 is 5.97 Å². The third kappa shape index (κ3) is 2.39. The number of nitrogen functional groups attached to an aromatic ring is 1. The minimum Gasteiger partial charge on any atom is -0.478 e. The molecule has 1 aromatic carbocycles. The fourth-order valence-electron chi connectivity index (χ4n) is 0.992. The highest BCUT2D eigenvalue weighted by Crippen LogP contribution is 2.22. The Morgan fingerprint density at radius 1 is 1.62 bits per heavy atom. The minimum atomic E-state index is -0.981. The second-order valence-electron chi connectivity index (χ2n) is 2.49. The zero-order chi connectivity index (χ0) is 9.84. The van der Waals surface area contributed by atoms with Crippen molar-refractivity contribution < 1.29 is 9.90 Å². The molecule has 0 aliphatic heterocycles. The van der Waals surface area contributed by atoms with Gasteiger partial charge in [0.2, 0.25) is 0 Å². The summed E-state index contributed by atoms with van der Waals surface area (Å²) in [4.78, 5) is 11.6. The predicted molar refractivity (Wildman–Crippen MR) is 54.2 cm³/mol. The molecule has 1 rings (SSSR count). The van der Waals surface area contributed by atoms with Crippen LogP contribution in [0.15, 0.2) is 23.1 Å². The summed E-state index contributed by atoms with van der Waals surface area (Å²) in [6, 6.07) is 5.00. The largest absolute Gasteiger partial charge is 0.478 e. The normalized spacial score (nSPS) is 9.92. The van der Waals surface area contributed by atoms with E-state index in [0.29, 0.717) is 5.69 Å². The van der Waals surface area contributed by atoms with Gasteiger partial charge in [-0.1, -0.05) is 6.92 Å². The van der Waals surface area contributed by atoms with Crippen molar-refractivity contribution in [3.05, 3.63) is 23.8 Å². The minimum absolute atomic E-state index is 0.167. The summed E-state index contributed by atoms with van der Waals surface area (Å²) in [6.07, 6.45) is 0. The zero-order valence-electron chi connectivity index (χ0n) is 7.28. The zero-order valence-corrected chi connectivity index (χ0v) is 8.10. The van der Waals surface area contributed by atoms with E-state index in [0.717, 1.165) is 10.6 Å². The van der Waals surface area contributed by atoms with Gasteiger partial charge < -0.3 is 10.8 Å². The summed E-state index contributed by atoms with van der Waals surface area (Å²) in [7, 11) is 0. The molecule has 0 radical (unpaired) electrons. The number of carbonyl (C=O) groups is 1. The number of carboxylic acids is 1. The first-order valence-electron chi connectivity index (χ1n) is 3.90. The summed E-state index contributed by atoms with van der Waals surface area (Å²) in [5.41, 5.74) is 6.05. The Balaban J connectivity index is 2.98. The van der Waals surface area contributed by atoms with E-state index in [-0.39, 0.29) is 5.56 Å². The Bertz CT molecular complexity index is 325. The van der Waals surface area contributed by atoms with Crippen LogP contribution in [0.1, 0.15) is 17.3 Å². The Labute approximate surface area is 80.9 Å². The van der Waals surface area contributed by atoms with Crippen LogP contribution in [0.2, 0.25) is 0 Å². The molecule has 0 saturated heterocycles. The van der Waals surface area contributed by atoms with E-state index >= 15 is 0 Å². The Hall–Kier alpha value is -1.16. The first kappa shape index (κ1) is 9.92. The van der Waals surface area contributed by atoms with Gasteiger partial charge in [0.05, 0.1) is 5.56 Å². The van der Waals surface area contributed by atoms with Crippen molar-refractivity contribution in [2.75, 3.05) is 11.5 Å². The van der Waals surface area contributed by atoms with E-state index in [1.54, 1.807) is 23.9 Å². The van der Waals surface area contributed by atoms with Crippen molar-refractivity contribution in [3.63, 3.8) is 0 Å². The summed E-state index contributed by atoms with van der Waals surface area (Å²) in [6.45, 7) is 2.03. The highest BCUT2D eigenvalue weighted by Gasteiger charge is 2.07. The van der Waals surface area contributed by atoms with Crippen LogP contribution in [0.4, 0.5) is 5.69 Å². The lowest BCUT2D eigenvalue weighted by molar-refractivity contribution is 0.0698. The molecular formula is C9H11NO2S. The molecule has 0 bridgehead atoms. The molecular weight excluding hydrogens is 186 g/mol. The SMILES string of the molecule is CCSc1ccc(C(=O)O)c(N)c1. The molecule has 1 aromatic rings. The Morgan fingerprint density at radius 2 is 2.31 bits per heavy atom. The molecule has 0 unspecified atom stereocenters. The first-order chi connectivity index (χ1) is 6.15. The molecule has 0 amide bonds. The monoisotopic (exact) mass is 197 g/mol. The second kappa shape index (κ2) is 4.18. The summed E-state index contributed by atoms with van der Waals surface area (Å²) in [5, 5.41) is 8.70. The number of carboxylic acid groups (broad SMARTS) is 1. The average Bonchev–Trinajstić information content (AvgIpc) is 2.04. The van der Waals surface area contributed by atoms with Crippen LogP contribution in [0.5, 0.6) is 0 Å². The van der Waals surface area contributed by atoms with E-state index in [1.165, 1.54) is 6.07 Å². The second-order valence-corrected chi connectivity index (χ2v) is 3.82. The van der Waals surface area contributed by atoms with Gasteiger partial charge in [0.15, 0.2) is 0 Å². The number of benzene rings is 1. The fourth-order valence-corrected chi connectivity index (χ4v) is 1.70. The third-order valence-corrected chi connectivity index (χ3v) is 2.44. The highest BCUT2D eigenvalue weighted by molar-refractivity contribution is 7.99. The molecule has 0 aliphatic rings. The van der Waals surface area contributed by atoms with Gasteiger partial charge in [-0.25, -0.2) is 4.79 Å². The van der Waals surface area contributed by atoms with Gasteiger partial charge in [-0.15, -0.1) is 11.8 Å². The van der Waals surface area contributed by atoms with Crippen LogP contribution in [0, 0.1) is 0 Å². The molecule has 0 saturated carbocycles. The first-order valence-corrected chi connectivity index (χ1v) is 4.89. The maximum Gasteiger partial charge on any atom is 0.337 e. The van der Waals surface area contributed by atoms with Crippen LogP contribution in [0.3, 0.4) is 0 Å². The van der Waals surface area contributed by atoms with Gasteiger partial charge in [0.1, 0.15) is 0 Å². The van der Waals surface area contributed by atoms with Crippen molar-refractivity contribution in [3.8, 4) is 0 Å². The van der Waals surface area contributed by atoms with Crippen LogP contribution >= 0.6 is 11.8 Å². The molecule has 0 heterocycles. The maximum absolute atomic E-state index is 10.6. The van der Waals surface area contributed by atoms with Crippen molar-refractivity contribution in [2.24, 2.45) is 0 Å². The van der Waals surface area contributed by atoms with E-state index in [1.807, 2.05) is 6.92 Å². The molecule has 4 heteroatoms. The van der Waals surface area contributed by atoms with Crippen LogP contribution in [0.25, 0.3) is 0 Å². The number of thioether (sulfide) groups is 1. The summed E-state index contributed by atoms with van der Waals surface area (Å²) >= 11 is 1.64. The number of hydrogen-bond acceptors (Lipinski definition) is 3. The van der Waals surface area contributed by atoms with Crippen LogP contribution < -0.4 is 5.73 Å². The predicted octanol–water partition coefficient (Wildman–Crippen LogP) is 2.08. The quantitative estimate of drug-likeness (QED) is 0.575. The number of hydrogen-bond donors (Lipinski definition) is 2. The van der Waals surface area contributed by atoms with Gasteiger partial charge in [-0.3, -0.25) is 0 Å². The number of nitrogens with two attached hydrogens (primary N) is 1. The molecule has 13 heavy (non-hydrogen) atoms. The number of aromatic carboxylic acids is 1. The fraction of sp³-hybridized carbons (Fsp3) is 0.222. The third-order valence-electron chi connectivity index (χ3n) is 1.56. The van der Waals surface area contributed by atoms with Gasteiger partial charge in [0.25, 0.3) is 0 Å². The van der Waals surface area contributed by atoms with Crippen LogP contribution in [-0.2, 0) is 0 Å². The van der Waals surface area contributed by atoms with Crippen molar-refractivity contribution in [1.29, 1.82) is 0 Å². The summed E-state index contributed by atoms with van der Waals surface area (Å²) < 4.78 is 0.